The van der Waals surface area contributed by atoms with Crippen LogP contribution in [0, 0.1) is 0 Å². The normalized spacial score (nSPS) is 13.1. The zero-order valence-electron chi connectivity index (χ0n) is 22.1. The summed E-state index contributed by atoms with van der Waals surface area (Å²) in [5.41, 5.74) is 1.94. The van der Waals surface area contributed by atoms with Gasteiger partial charge in [-0.2, -0.15) is 0 Å². The van der Waals surface area contributed by atoms with E-state index >= 15 is 0 Å². The van der Waals surface area contributed by atoms with Crippen LogP contribution < -0.4 is 24.8 Å². The molecule has 4 aromatic rings. The number of allylic oxidation sites excluding steroid dienone is 2. The molecular formula is C29H26FN5O5S. The van der Waals surface area contributed by atoms with Crippen molar-refractivity contribution in [3.8, 4) is 11.5 Å². The number of hydrogen-bond donors (Lipinski definition) is 3. The zero-order valence-corrected chi connectivity index (χ0v) is 23.0. The fourth-order valence-electron chi connectivity index (χ4n) is 4.13. The maximum atomic E-state index is 13.6. The molecule has 3 N–H and O–H groups in total. The number of fused-ring (bicyclic) bond motifs is 1. The first-order chi connectivity index (χ1) is 19.7. The van der Waals surface area contributed by atoms with Crippen molar-refractivity contribution in [1.29, 1.82) is 0 Å². The molecule has 0 saturated heterocycles. The van der Waals surface area contributed by atoms with Gasteiger partial charge in [-0.1, -0.05) is 24.3 Å². The Morgan fingerprint density at radius 2 is 1.56 bits per heavy atom. The van der Waals surface area contributed by atoms with Gasteiger partial charge in [0.2, 0.25) is 0 Å². The molecule has 0 spiro atoms. The molecule has 0 fully saturated rings. The molecule has 1 heterocycles. The number of para-hydroxylation sites is 2. The number of benzene rings is 3. The number of carbonyl (C=O) groups is 1. The van der Waals surface area contributed by atoms with Crippen molar-refractivity contribution < 1.29 is 27.1 Å². The van der Waals surface area contributed by atoms with Crippen LogP contribution in [0.3, 0.4) is 0 Å². The molecule has 1 amide bonds. The molecule has 41 heavy (non-hydrogen) atoms. The van der Waals surface area contributed by atoms with Gasteiger partial charge in [-0.3, -0.25) is 9.52 Å². The van der Waals surface area contributed by atoms with Crippen LogP contribution >= 0.6 is 0 Å². The van der Waals surface area contributed by atoms with E-state index in [1.807, 2.05) is 0 Å². The van der Waals surface area contributed by atoms with Crippen molar-refractivity contribution in [3.63, 3.8) is 0 Å². The molecule has 1 aromatic heterocycles. The number of amides is 1. The number of halogens is 1. The first-order valence-corrected chi connectivity index (χ1v) is 14.0. The lowest BCUT2D eigenvalue weighted by Crippen LogP contribution is -2.17. The Labute approximate surface area is 236 Å². The molecule has 5 rings (SSSR count). The van der Waals surface area contributed by atoms with Crippen molar-refractivity contribution in [2.45, 2.75) is 17.7 Å². The summed E-state index contributed by atoms with van der Waals surface area (Å²) in [6, 6.07) is 17.9. The van der Waals surface area contributed by atoms with E-state index in [2.05, 4.69) is 25.3 Å². The van der Waals surface area contributed by atoms with Gasteiger partial charge in [0.1, 0.15) is 17.3 Å². The third kappa shape index (κ3) is 6.44. The van der Waals surface area contributed by atoms with Crippen molar-refractivity contribution in [1.82, 2.24) is 9.97 Å². The number of sulfonamides is 1. The Balaban J connectivity index is 1.46. The zero-order chi connectivity index (χ0) is 29.0. The smallest absolute Gasteiger partial charge is 0.263 e. The van der Waals surface area contributed by atoms with Crippen LogP contribution in [0.5, 0.6) is 11.5 Å². The summed E-state index contributed by atoms with van der Waals surface area (Å²) >= 11 is 0. The topological polar surface area (TPSA) is 132 Å². The minimum Gasteiger partial charge on any atom is -0.497 e. The van der Waals surface area contributed by atoms with E-state index in [0.29, 0.717) is 34.6 Å². The summed E-state index contributed by atoms with van der Waals surface area (Å²) in [6.45, 7) is 0. The van der Waals surface area contributed by atoms with Gasteiger partial charge >= 0.3 is 0 Å². The lowest BCUT2D eigenvalue weighted by atomic mass is 10.1. The summed E-state index contributed by atoms with van der Waals surface area (Å²) in [4.78, 5) is 21.6. The predicted molar refractivity (Wildman–Crippen MR) is 155 cm³/mol. The second kappa shape index (κ2) is 11.6. The van der Waals surface area contributed by atoms with E-state index in [1.54, 1.807) is 54.6 Å². The van der Waals surface area contributed by atoms with Crippen molar-refractivity contribution in [2.24, 2.45) is 0 Å². The predicted octanol–water partition coefficient (Wildman–Crippen LogP) is 5.70. The van der Waals surface area contributed by atoms with Crippen LogP contribution in [0.2, 0.25) is 0 Å². The lowest BCUT2D eigenvalue weighted by molar-refractivity contribution is -0.112. The summed E-state index contributed by atoms with van der Waals surface area (Å²) in [7, 11) is -1.16. The molecule has 1 aliphatic rings. The number of anilines is 4. The average Bonchev–Trinajstić information content (AvgIpc) is 2.97. The average molecular weight is 576 g/mol. The second-order valence-electron chi connectivity index (χ2n) is 9.01. The standard InChI is InChI=1S/C29H26FN5O5S/c1-39-22-14-21(15-23(17-22)40-2)31-27-28(34-26-12-4-3-11-25(26)33-27)35-41(37,38)24-10-6-9-20(16-24)32-29(36)18-7-5-8-19(30)13-18/h3-4,6-7,9-17H,5,8H2,1-2H3,(H,31,33)(H,32,36)(H,34,35). The molecule has 210 valence electrons. The van der Waals surface area contributed by atoms with Gasteiger partial charge in [-0.05, 0) is 42.8 Å². The highest BCUT2D eigenvalue weighted by molar-refractivity contribution is 7.92. The van der Waals surface area contributed by atoms with E-state index < -0.39 is 15.9 Å². The highest BCUT2D eigenvalue weighted by Crippen LogP contribution is 2.32. The molecule has 0 unspecified atom stereocenters. The van der Waals surface area contributed by atoms with Crippen LogP contribution in [0.1, 0.15) is 12.8 Å². The number of carbonyl (C=O) groups excluding carboxylic acids is 1. The van der Waals surface area contributed by atoms with Crippen molar-refractivity contribution in [3.05, 3.63) is 90.3 Å². The van der Waals surface area contributed by atoms with Crippen LogP contribution in [0.25, 0.3) is 11.0 Å². The van der Waals surface area contributed by atoms with Gasteiger partial charge in [-0.15, -0.1) is 0 Å². The first kappa shape index (κ1) is 27.6. The van der Waals surface area contributed by atoms with Crippen LogP contribution in [-0.2, 0) is 14.8 Å². The van der Waals surface area contributed by atoms with Gasteiger partial charge in [0.05, 0.1) is 30.1 Å². The molecule has 0 bridgehead atoms. The first-order valence-electron chi connectivity index (χ1n) is 12.5. The molecule has 3 aromatic carbocycles. The Morgan fingerprint density at radius 3 is 2.22 bits per heavy atom. The summed E-state index contributed by atoms with van der Waals surface area (Å²) in [5.74, 6) is 0.208. The van der Waals surface area contributed by atoms with Gasteiger partial charge in [0.15, 0.2) is 11.6 Å². The van der Waals surface area contributed by atoms with Crippen LogP contribution in [0.4, 0.5) is 27.4 Å². The Bertz CT molecular complexity index is 1780. The van der Waals surface area contributed by atoms with Crippen LogP contribution in [0.15, 0.2) is 95.2 Å². The fraction of sp³-hybridized carbons (Fsp3) is 0.138. The molecule has 0 radical (unpaired) electrons. The van der Waals surface area contributed by atoms with E-state index in [4.69, 9.17) is 9.47 Å². The lowest BCUT2D eigenvalue weighted by Gasteiger charge is -2.15. The van der Waals surface area contributed by atoms with E-state index in [1.165, 1.54) is 38.5 Å². The van der Waals surface area contributed by atoms with E-state index in [-0.39, 0.29) is 40.0 Å². The van der Waals surface area contributed by atoms with Crippen molar-refractivity contribution >= 4 is 50.0 Å². The number of aromatic nitrogens is 2. The van der Waals surface area contributed by atoms with Crippen LogP contribution in [-0.4, -0.2) is 38.5 Å². The molecular weight excluding hydrogens is 549 g/mol. The van der Waals surface area contributed by atoms with Gasteiger partial charge in [0.25, 0.3) is 15.9 Å². The van der Waals surface area contributed by atoms with Gasteiger partial charge < -0.3 is 20.1 Å². The number of ether oxygens (including phenoxy) is 2. The quantitative estimate of drug-likeness (QED) is 0.232. The number of nitrogens with zero attached hydrogens (tertiary/aromatic N) is 2. The van der Waals surface area contributed by atoms with E-state index in [0.717, 1.165) is 0 Å². The number of methoxy groups -OCH3 is 2. The fourth-order valence-corrected chi connectivity index (χ4v) is 5.18. The van der Waals surface area contributed by atoms with E-state index in [9.17, 15) is 17.6 Å². The largest absolute Gasteiger partial charge is 0.497 e. The Morgan fingerprint density at radius 1 is 0.878 bits per heavy atom. The third-order valence-electron chi connectivity index (χ3n) is 6.14. The number of hydrogen-bond acceptors (Lipinski definition) is 8. The molecule has 10 nitrogen and oxygen atoms in total. The van der Waals surface area contributed by atoms with Gasteiger partial charge in [-0.25, -0.2) is 22.8 Å². The Kier molecular flexibility index (Phi) is 7.83. The highest BCUT2D eigenvalue weighted by Gasteiger charge is 2.21. The molecule has 0 aliphatic heterocycles. The Hall–Kier alpha value is -4.97. The minimum atomic E-state index is -4.19. The maximum Gasteiger partial charge on any atom is 0.263 e. The SMILES string of the molecule is COc1cc(Nc2nc3ccccc3nc2NS(=O)(=O)c2cccc(NC(=O)C3=CCCC(F)=C3)c2)cc(OC)c1. The molecule has 12 heteroatoms. The summed E-state index contributed by atoms with van der Waals surface area (Å²) in [5, 5.41) is 5.73. The highest BCUT2D eigenvalue weighted by atomic mass is 32.2. The molecule has 1 aliphatic carbocycles. The third-order valence-corrected chi connectivity index (χ3v) is 7.48. The monoisotopic (exact) mass is 575 g/mol. The maximum absolute atomic E-state index is 13.6. The second-order valence-corrected chi connectivity index (χ2v) is 10.7. The molecule has 0 saturated carbocycles. The summed E-state index contributed by atoms with van der Waals surface area (Å²) < 4.78 is 53.8. The summed E-state index contributed by atoms with van der Waals surface area (Å²) in [6.07, 6.45) is 3.46. The van der Waals surface area contributed by atoms with Crippen molar-refractivity contribution in [2.75, 3.05) is 29.6 Å². The van der Waals surface area contributed by atoms with Gasteiger partial charge in [0, 0.05) is 41.6 Å². The minimum absolute atomic E-state index is 0.0482. The number of rotatable bonds is 9. The molecule has 0 atom stereocenters. The number of nitrogens with one attached hydrogen (secondary N) is 3.